The average Bonchev–Trinajstić information content (AvgIpc) is 2.62. The first-order valence-corrected chi connectivity index (χ1v) is 7.49. The topological polar surface area (TPSA) is 29.5 Å². The van der Waals surface area contributed by atoms with Gasteiger partial charge in [0.15, 0.2) is 0 Å². The number of rotatable bonds is 6. The fourth-order valence-electron chi connectivity index (χ4n) is 2.27. The summed E-state index contributed by atoms with van der Waals surface area (Å²) in [5.41, 5.74) is 0. The van der Waals surface area contributed by atoms with Crippen molar-refractivity contribution < 1.29 is 62.5 Å². The molecule has 0 heterocycles. The van der Waals surface area contributed by atoms with Gasteiger partial charge in [-0.15, -0.1) is 0 Å². The summed E-state index contributed by atoms with van der Waals surface area (Å²) < 4.78 is 160. The van der Waals surface area contributed by atoms with E-state index in [-0.39, 0.29) is 10.8 Å². The third-order valence-electron chi connectivity index (χ3n) is 3.94. The van der Waals surface area contributed by atoms with Crippen molar-refractivity contribution in [1.82, 2.24) is 0 Å². The summed E-state index contributed by atoms with van der Waals surface area (Å²) in [6.07, 6.45) is -12.1. The lowest BCUT2D eigenvalue weighted by Gasteiger charge is -2.37. The number of hydrogen-bond donors (Lipinski definition) is 1. The van der Waals surface area contributed by atoms with Gasteiger partial charge in [0.1, 0.15) is 11.5 Å². The molecule has 2 aromatic rings. The second kappa shape index (κ2) is 7.01. The Balaban J connectivity index is 2.46. The first-order valence-electron chi connectivity index (χ1n) is 7.49. The molecule has 14 heteroatoms. The zero-order valence-electron chi connectivity index (χ0n) is 13.9. The van der Waals surface area contributed by atoms with Crippen LogP contribution in [0.15, 0.2) is 36.4 Å². The van der Waals surface area contributed by atoms with E-state index in [0.29, 0.717) is 12.1 Å². The monoisotopic (exact) mass is 460 g/mol. The Morgan fingerprint density at radius 3 is 1.67 bits per heavy atom. The summed E-state index contributed by atoms with van der Waals surface area (Å²) in [4.78, 5) is 0. The molecule has 168 valence electrons. The fraction of sp³-hybridized carbons (Fsp3) is 0.375. The summed E-state index contributed by atoms with van der Waals surface area (Å²) in [5, 5.41) is 9.01. The predicted molar refractivity (Wildman–Crippen MR) is 77.0 cm³/mol. The minimum absolute atomic E-state index is 0.189. The van der Waals surface area contributed by atoms with Gasteiger partial charge in [-0.1, -0.05) is 24.3 Å². The van der Waals surface area contributed by atoms with E-state index in [1.54, 1.807) is 0 Å². The molecule has 1 atom stereocenters. The molecule has 2 rings (SSSR count). The Morgan fingerprint density at radius 2 is 1.17 bits per heavy atom. The molecule has 2 nitrogen and oxygen atoms in total. The molecular weight excluding hydrogens is 452 g/mol. The van der Waals surface area contributed by atoms with Gasteiger partial charge in [-0.3, -0.25) is 0 Å². The second-order valence-electron chi connectivity index (χ2n) is 5.91. The molecule has 0 radical (unpaired) electrons. The minimum atomic E-state index is -7.74. The Labute approximate surface area is 158 Å². The zero-order valence-corrected chi connectivity index (χ0v) is 13.9. The van der Waals surface area contributed by atoms with Crippen molar-refractivity contribution in [3.05, 3.63) is 36.4 Å². The van der Waals surface area contributed by atoms with Gasteiger partial charge < -0.3 is 9.84 Å². The van der Waals surface area contributed by atoms with Crippen LogP contribution in [0.3, 0.4) is 0 Å². The van der Waals surface area contributed by atoms with Crippen LogP contribution >= 0.6 is 0 Å². The molecule has 0 aliphatic carbocycles. The van der Waals surface area contributed by atoms with Gasteiger partial charge >= 0.3 is 36.2 Å². The maximum absolute atomic E-state index is 13.8. The first-order chi connectivity index (χ1) is 13.4. The number of phenols is 1. The third kappa shape index (κ3) is 3.35. The van der Waals surface area contributed by atoms with Crippen molar-refractivity contribution in [1.29, 1.82) is 0 Å². The van der Waals surface area contributed by atoms with Gasteiger partial charge in [0.2, 0.25) is 0 Å². The van der Waals surface area contributed by atoms with Crippen LogP contribution in [0.5, 0.6) is 11.5 Å². The molecule has 0 aliphatic rings. The van der Waals surface area contributed by atoms with E-state index in [9.17, 15) is 57.8 Å². The van der Waals surface area contributed by atoms with E-state index in [1.165, 1.54) is 12.1 Å². The Morgan fingerprint density at radius 1 is 0.667 bits per heavy atom. The maximum Gasteiger partial charge on any atom is 0.460 e. The maximum atomic E-state index is 13.8. The van der Waals surface area contributed by atoms with E-state index in [4.69, 9.17) is 0 Å². The van der Waals surface area contributed by atoms with E-state index < -0.39 is 47.7 Å². The number of aromatic hydroxyl groups is 1. The van der Waals surface area contributed by atoms with Gasteiger partial charge in [-0.05, 0) is 12.1 Å². The van der Waals surface area contributed by atoms with Crippen LogP contribution in [-0.4, -0.2) is 41.3 Å². The summed E-state index contributed by atoms with van der Waals surface area (Å²) in [5.74, 6) is -31.3. The largest absolute Gasteiger partial charge is 0.507 e. The molecule has 30 heavy (non-hydrogen) atoms. The van der Waals surface area contributed by atoms with E-state index in [0.717, 1.165) is 12.1 Å². The van der Waals surface area contributed by atoms with E-state index >= 15 is 0 Å². The van der Waals surface area contributed by atoms with Crippen LogP contribution in [0.25, 0.3) is 10.8 Å². The Kier molecular flexibility index (Phi) is 5.55. The highest BCUT2D eigenvalue weighted by molar-refractivity contribution is 5.92. The number of hydrogen-bond acceptors (Lipinski definition) is 2. The number of phenolic OH excluding ortho intramolecular Hbond substituents is 1. The number of fused-ring (bicyclic) bond motifs is 1. The van der Waals surface area contributed by atoms with Gasteiger partial charge in [0.05, 0.1) is 0 Å². The minimum Gasteiger partial charge on any atom is -0.507 e. The van der Waals surface area contributed by atoms with Crippen LogP contribution < -0.4 is 4.74 Å². The number of benzene rings is 2. The molecule has 0 amide bonds. The zero-order chi connectivity index (χ0) is 23.3. The average molecular weight is 460 g/mol. The molecule has 0 aromatic heterocycles. The quantitative estimate of drug-likeness (QED) is 0.512. The molecule has 0 fully saturated rings. The Bertz CT molecular complexity index is 922. The number of alkyl halides is 12. The van der Waals surface area contributed by atoms with Gasteiger partial charge in [0, 0.05) is 10.8 Å². The lowest BCUT2D eigenvalue weighted by molar-refractivity contribution is -0.432. The Hall–Kier alpha value is -2.54. The van der Waals surface area contributed by atoms with E-state index in [1.807, 2.05) is 0 Å². The normalized spacial score (nSPS) is 15.3. The van der Waals surface area contributed by atoms with Crippen molar-refractivity contribution in [2.45, 2.75) is 36.2 Å². The smallest absolute Gasteiger partial charge is 0.460 e. The van der Waals surface area contributed by atoms with Crippen LogP contribution in [0.4, 0.5) is 52.7 Å². The van der Waals surface area contributed by atoms with Crippen molar-refractivity contribution in [3.8, 4) is 11.5 Å². The molecule has 0 saturated carbocycles. The number of ether oxygens (including phenoxy) is 1. The standard InChI is InChI=1S/C16H8F12O2/c17-11(30-10-6-5-9(29)7-3-1-2-4-8(7)10)12(18,19)13(20,21)14(22,23)15(24,25)16(26,27)28/h1-6,11,29H. The van der Waals surface area contributed by atoms with Gasteiger partial charge in [-0.25, -0.2) is 0 Å². The molecular formula is C16H8F12O2. The highest BCUT2D eigenvalue weighted by Gasteiger charge is 2.88. The van der Waals surface area contributed by atoms with Crippen LogP contribution in [0, 0.1) is 0 Å². The first kappa shape index (κ1) is 23.7. The highest BCUT2D eigenvalue weighted by Crippen LogP contribution is 2.58. The van der Waals surface area contributed by atoms with Crippen molar-refractivity contribution >= 4 is 10.8 Å². The third-order valence-corrected chi connectivity index (χ3v) is 3.94. The number of halogens is 12. The fourth-order valence-corrected chi connectivity index (χ4v) is 2.27. The van der Waals surface area contributed by atoms with Crippen LogP contribution in [0.2, 0.25) is 0 Å². The summed E-state index contributed by atoms with van der Waals surface area (Å²) in [6.45, 7) is 0. The predicted octanol–water partition coefficient (Wildman–Crippen LogP) is 6.32. The summed E-state index contributed by atoms with van der Waals surface area (Å²) >= 11 is 0. The van der Waals surface area contributed by atoms with Crippen molar-refractivity contribution in [2.75, 3.05) is 0 Å². The molecule has 0 spiro atoms. The van der Waals surface area contributed by atoms with Gasteiger partial charge in [-0.2, -0.15) is 52.7 Å². The second-order valence-corrected chi connectivity index (χ2v) is 5.91. The van der Waals surface area contributed by atoms with Crippen molar-refractivity contribution in [2.24, 2.45) is 0 Å². The molecule has 0 bridgehead atoms. The SMILES string of the molecule is Oc1ccc(OC(F)C(F)(F)C(F)(F)C(F)(F)C(F)(F)C(F)(F)F)c2ccccc12. The molecule has 1 N–H and O–H groups in total. The molecule has 0 saturated heterocycles. The van der Waals surface area contributed by atoms with Crippen LogP contribution in [-0.2, 0) is 0 Å². The molecule has 1 unspecified atom stereocenters. The summed E-state index contributed by atoms with van der Waals surface area (Å²) in [7, 11) is 0. The van der Waals surface area contributed by atoms with Crippen LogP contribution in [0.1, 0.15) is 0 Å². The lowest BCUT2D eigenvalue weighted by atomic mass is 9.98. The summed E-state index contributed by atoms with van der Waals surface area (Å²) in [6, 6.07) is 5.89. The van der Waals surface area contributed by atoms with E-state index in [2.05, 4.69) is 4.74 Å². The highest BCUT2D eigenvalue weighted by atomic mass is 19.4. The van der Waals surface area contributed by atoms with Crippen molar-refractivity contribution in [3.63, 3.8) is 0 Å². The molecule has 0 aliphatic heterocycles. The molecule has 2 aromatic carbocycles. The van der Waals surface area contributed by atoms with Gasteiger partial charge in [0.25, 0.3) is 0 Å². The lowest BCUT2D eigenvalue weighted by Crippen LogP contribution is -2.68.